The van der Waals surface area contributed by atoms with Crippen LogP contribution < -0.4 is 5.73 Å². The van der Waals surface area contributed by atoms with Crippen molar-refractivity contribution in [2.24, 2.45) is 5.73 Å². The number of ether oxygens (including phenoxy) is 1. The average Bonchev–Trinajstić information content (AvgIpc) is 2.33. The molecule has 1 atom stereocenters. The van der Waals surface area contributed by atoms with Crippen LogP contribution in [0.3, 0.4) is 0 Å². The third-order valence-corrected chi connectivity index (χ3v) is 2.84. The van der Waals surface area contributed by atoms with E-state index in [1.54, 1.807) is 21.2 Å². The van der Waals surface area contributed by atoms with Gasteiger partial charge in [0.15, 0.2) is 0 Å². The maximum atomic E-state index is 12.1. The van der Waals surface area contributed by atoms with Crippen molar-refractivity contribution in [2.75, 3.05) is 40.9 Å². The van der Waals surface area contributed by atoms with Crippen LogP contribution in [0.15, 0.2) is 0 Å². The van der Waals surface area contributed by atoms with Crippen molar-refractivity contribution in [3.63, 3.8) is 0 Å². The third kappa shape index (κ3) is 7.79. The van der Waals surface area contributed by atoms with Crippen LogP contribution in [-0.2, 0) is 14.3 Å². The van der Waals surface area contributed by atoms with Gasteiger partial charge in [0, 0.05) is 40.2 Å². The Kier molecular flexibility index (Phi) is 9.16. The Morgan fingerprint density at radius 2 is 1.89 bits per heavy atom. The van der Waals surface area contributed by atoms with E-state index in [1.165, 1.54) is 9.80 Å². The number of rotatable bonds is 9. The van der Waals surface area contributed by atoms with Crippen molar-refractivity contribution in [3.05, 3.63) is 0 Å². The van der Waals surface area contributed by atoms with E-state index >= 15 is 0 Å². The van der Waals surface area contributed by atoms with Gasteiger partial charge in [-0.3, -0.25) is 9.59 Å². The van der Waals surface area contributed by atoms with Gasteiger partial charge in [0.05, 0.1) is 13.2 Å². The van der Waals surface area contributed by atoms with Gasteiger partial charge in [0.1, 0.15) is 0 Å². The highest BCUT2D eigenvalue weighted by Gasteiger charge is 2.19. The van der Waals surface area contributed by atoms with E-state index in [0.29, 0.717) is 13.2 Å². The lowest BCUT2D eigenvalue weighted by atomic mass is 10.1. The molecule has 0 bridgehead atoms. The second kappa shape index (κ2) is 9.75. The summed E-state index contributed by atoms with van der Waals surface area (Å²) >= 11 is 0. The Labute approximate surface area is 115 Å². The molecule has 0 aliphatic heterocycles. The van der Waals surface area contributed by atoms with Crippen LogP contribution in [0, 0.1) is 0 Å². The Hall–Kier alpha value is -1.14. The molecule has 0 aromatic heterocycles. The number of methoxy groups -OCH3 is 1. The van der Waals surface area contributed by atoms with Gasteiger partial charge in [-0.2, -0.15) is 0 Å². The molecular formula is C13H27N3O3. The smallest absolute Gasteiger partial charge is 0.241 e. The molecule has 0 rings (SSSR count). The molecule has 2 N–H and O–H groups in total. The maximum Gasteiger partial charge on any atom is 0.241 e. The molecule has 0 saturated heterocycles. The summed E-state index contributed by atoms with van der Waals surface area (Å²) in [6.07, 6.45) is 2.03. The van der Waals surface area contributed by atoms with Gasteiger partial charge < -0.3 is 20.3 Å². The molecule has 19 heavy (non-hydrogen) atoms. The SMILES string of the molecule is CCCC(N)CC(=O)N(CCOC)CC(=O)N(C)C. The standard InChI is InChI=1S/C13H27N3O3/c1-5-6-11(14)9-12(17)16(7-8-19-4)10-13(18)15(2)3/h11H,5-10,14H2,1-4H3. The zero-order valence-corrected chi connectivity index (χ0v) is 12.5. The topological polar surface area (TPSA) is 75.9 Å². The summed E-state index contributed by atoms with van der Waals surface area (Å²) in [4.78, 5) is 26.8. The van der Waals surface area contributed by atoms with Crippen LogP contribution in [0.25, 0.3) is 0 Å². The number of likely N-dealkylation sites (N-methyl/N-ethyl adjacent to an activating group) is 1. The summed E-state index contributed by atoms with van der Waals surface area (Å²) in [6, 6.07) is -0.142. The number of hydrogen-bond acceptors (Lipinski definition) is 4. The molecule has 0 aliphatic carbocycles. The van der Waals surface area contributed by atoms with Crippen molar-refractivity contribution in [3.8, 4) is 0 Å². The summed E-state index contributed by atoms with van der Waals surface area (Å²) in [6.45, 7) is 2.93. The van der Waals surface area contributed by atoms with Crippen LogP contribution in [0.1, 0.15) is 26.2 Å². The quantitative estimate of drug-likeness (QED) is 0.645. The average molecular weight is 273 g/mol. The van der Waals surface area contributed by atoms with E-state index in [1.807, 2.05) is 6.92 Å². The van der Waals surface area contributed by atoms with Gasteiger partial charge in [-0.25, -0.2) is 0 Å². The van der Waals surface area contributed by atoms with Crippen LogP contribution in [-0.4, -0.2) is 68.6 Å². The molecule has 0 heterocycles. The fraction of sp³-hybridized carbons (Fsp3) is 0.846. The lowest BCUT2D eigenvalue weighted by molar-refractivity contribution is -0.140. The van der Waals surface area contributed by atoms with Gasteiger partial charge >= 0.3 is 0 Å². The normalized spacial score (nSPS) is 12.1. The van der Waals surface area contributed by atoms with Gasteiger partial charge in [0.2, 0.25) is 11.8 Å². The van der Waals surface area contributed by atoms with Gasteiger partial charge in [-0.05, 0) is 6.42 Å². The number of amides is 2. The number of nitrogens with zero attached hydrogens (tertiary/aromatic N) is 2. The summed E-state index contributed by atoms with van der Waals surface area (Å²) in [7, 11) is 4.91. The third-order valence-electron chi connectivity index (χ3n) is 2.84. The fourth-order valence-corrected chi connectivity index (χ4v) is 1.62. The summed E-state index contributed by atoms with van der Waals surface area (Å²) in [5.74, 6) is -0.193. The molecule has 0 saturated carbocycles. The van der Waals surface area contributed by atoms with Crippen LogP contribution in [0.4, 0.5) is 0 Å². The first-order valence-electron chi connectivity index (χ1n) is 6.64. The van der Waals surface area contributed by atoms with Gasteiger partial charge in [-0.1, -0.05) is 13.3 Å². The molecule has 1 unspecified atom stereocenters. The van der Waals surface area contributed by atoms with Crippen LogP contribution in [0.5, 0.6) is 0 Å². The minimum absolute atomic E-state index is 0.0774. The Morgan fingerprint density at radius 3 is 2.37 bits per heavy atom. The Balaban J connectivity index is 4.46. The van der Waals surface area contributed by atoms with Crippen molar-refractivity contribution in [2.45, 2.75) is 32.2 Å². The first kappa shape index (κ1) is 17.9. The maximum absolute atomic E-state index is 12.1. The van der Waals surface area contributed by atoms with E-state index in [0.717, 1.165) is 12.8 Å². The molecular weight excluding hydrogens is 246 g/mol. The van der Waals surface area contributed by atoms with E-state index < -0.39 is 0 Å². The largest absolute Gasteiger partial charge is 0.383 e. The summed E-state index contributed by atoms with van der Waals surface area (Å²) in [5.41, 5.74) is 5.87. The zero-order valence-electron chi connectivity index (χ0n) is 12.5. The molecule has 0 radical (unpaired) electrons. The van der Waals surface area contributed by atoms with Crippen molar-refractivity contribution >= 4 is 11.8 Å². The molecule has 112 valence electrons. The molecule has 0 spiro atoms. The van der Waals surface area contributed by atoms with Crippen molar-refractivity contribution < 1.29 is 14.3 Å². The second-order valence-corrected chi connectivity index (χ2v) is 4.85. The number of nitrogens with two attached hydrogens (primary N) is 1. The fourth-order valence-electron chi connectivity index (χ4n) is 1.62. The number of carbonyl (C=O) groups excluding carboxylic acids is 2. The lowest BCUT2D eigenvalue weighted by Gasteiger charge is -2.24. The first-order chi connectivity index (χ1) is 8.92. The zero-order chi connectivity index (χ0) is 14.8. The molecule has 0 aromatic rings. The van der Waals surface area contributed by atoms with Crippen molar-refractivity contribution in [1.82, 2.24) is 9.80 Å². The molecule has 0 fully saturated rings. The Morgan fingerprint density at radius 1 is 1.26 bits per heavy atom. The molecule has 0 aromatic carbocycles. The molecule has 2 amide bonds. The monoisotopic (exact) mass is 273 g/mol. The highest BCUT2D eigenvalue weighted by atomic mass is 16.5. The van der Waals surface area contributed by atoms with Gasteiger partial charge in [0.25, 0.3) is 0 Å². The number of hydrogen-bond donors (Lipinski definition) is 1. The highest BCUT2D eigenvalue weighted by Crippen LogP contribution is 2.03. The van der Waals surface area contributed by atoms with Crippen LogP contribution >= 0.6 is 0 Å². The number of carbonyl (C=O) groups is 2. The summed E-state index contributed by atoms with van der Waals surface area (Å²) < 4.78 is 4.97. The summed E-state index contributed by atoms with van der Waals surface area (Å²) in [5, 5.41) is 0. The molecule has 0 aliphatic rings. The van der Waals surface area contributed by atoms with E-state index in [-0.39, 0.29) is 30.8 Å². The second-order valence-electron chi connectivity index (χ2n) is 4.85. The van der Waals surface area contributed by atoms with E-state index in [9.17, 15) is 9.59 Å². The highest BCUT2D eigenvalue weighted by molar-refractivity contribution is 5.84. The van der Waals surface area contributed by atoms with E-state index in [4.69, 9.17) is 10.5 Å². The minimum atomic E-state index is -0.142. The minimum Gasteiger partial charge on any atom is -0.383 e. The van der Waals surface area contributed by atoms with Crippen molar-refractivity contribution in [1.29, 1.82) is 0 Å². The lowest BCUT2D eigenvalue weighted by Crippen LogP contribution is -2.43. The Bertz CT molecular complexity index is 282. The first-order valence-corrected chi connectivity index (χ1v) is 6.64. The van der Waals surface area contributed by atoms with E-state index in [2.05, 4.69) is 0 Å². The van der Waals surface area contributed by atoms with Crippen LogP contribution in [0.2, 0.25) is 0 Å². The predicted octanol–water partition coefficient (Wildman–Crippen LogP) is 0.0671. The molecule has 6 heteroatoms. The van der Waals surface area contributed by atoms with Gasteiger partial charge in [-0.15, -0.1) is 0 Å². The molecule has 6 nitrogen and oxygen atoms in total. The predicted molar refractivity (Wildman–Crippen MR) is 74.7 cm³/mol.